The minimum absolute atomic E-state index is 0.0422. The fraction of sp³-hybridized carbons (Fsp3) is 0.231. The Hall–Kier alpha value is -3.44. The Morgan fingerprint density at radius 3 is 1.97 bits per heavy atom. The Morgan fingerprint density at radius 2 is 1.35 bits per heavy atom. The molecular weight excluding hydrogens is 386 g/mol. The number of nitrogens with zero attached hydrogens (tertiary/aromatic N) is 2. The van der Waals surface area contributed by atoms with Gasteiger partial charge in [0.25, 0.3) is 5.91 Å². The molecule has 0 radical (unpaired) electrons. The van der Waals surface area contributed by atoms with Crippen molar-refractivity contribution in [3.63, 3.8) is 0 Å². The molecule has 0 aromatic heterocycles. The molecule has 0 aliphatic carbocycles. The third-order valence-electron chi connectivity index (χ3n) is 5.67. The van der Waals surface area contributed by atoms with E-state index in [-0.39, 0.29) is 11.8 Å². The Labute approximate surface area is 183 Å². The van der Waals surface area contributed by atoms with Crippen molar-refractivity contribution in [3.05, 3.63) is 102 Å². The van der Waals surface area contributed by atoms with Gasteiger partial charge in [-0.05, 0) is 36.8 Å². The van der Waals surface area contributed by atoms with Crippen molar-refractivity contribution in [3.8, 4) is 0 Å². The minimum atomic E-state index is -0.406. The quantitative estimate of drug-likeness (QED) is 0.684. The summed E-state index contributed by atoms with van der Waals surface area (Å²) >= 11 is 0. The summed E-state index contributed by atoms with van der Waals surface area (Å²) in [6.45, 7) is 4.48. The second-order valence-corrected chi connectivity index (χ2v) is 7.86. The molecular formula is C26H27N3O2. The van der Waals surface area contributed by atoms with Crippen molar-refractivity contribution in [2.75, 3.05) is 31.5 Å². The molecule has 1 heterocycles. The van der Waals surface area contributed by atoms with Gasteiger partial charge in [-0.25, -0.2) is 0 Å². The average molecular weight is 414 g/mol. The SMILES string of the molecule is Cc1ccc(NC(=O)C(c2ccccc2)N2CCN(C(=O)c3ccccc3)CC2)cc1. The lowest BCUT2D eigenvalue weighted by molar-refractivity contribution is -0.122. The van der Waals surface area contributed by atoms with Crippen LogP contribution in [0.1, 0.15) is 27.5 Å². The summed E-state index contributed by atoms with van der Waals surface area (Å²) in [7, 11) is 0. The van der Waals surface area contributed by atoms with Crippen molar-refractivity contribution in [2.24, 2.45) is 0 Å². The lowest BCUT2D eigenvalue weighted by Crippen LogP contribution is -2.51. The van der Waals surface area contributed by atoms with Crippen molar-refractivity contribution < 1.29 is 9.59 Å². The van der Waals surface area contributed by atoms with Gasteiger partial charge in [-0.15, -0.1) is 0 Å². The van der Waals surface area contributed by atoms with Gasteiger partial charge in [-0.1, -0.05) is 66.2 Å². The normalized spacial score (nSPS) is 15.3. The molecule has 1 unspecified atom stereocenters. The molecule has 158 valence electrons. The summed E-state index contributed by atoms with van der Waals surface area (Å²) < 4.78 is 0. The topological polar surface area (TPSA) is 52.7 Å². The predicted molar refractivity (Wildman–Crippen MR) is 123 cm³/mol. The molecule has 1 N–H and O–H groups in total. The van der Waals surface area contributed by atoms with Crippen LogP contribution in [0.4, 0.5) is 5.69 Å². The van der Waals surface area contributed by atoms with Crippen molar-refractivity contribution in [2.45, 2.75) is 13.0 Å². The van der Waals surface area contributed by atoms with Gasteiger partial charge in [-0.3, -0.25) is 14.5 Å². The second kappa shape index (κ2) is 9.58. The zero-order chi connectivity index (χ0) is 21.6. The number of piperazine rings is 1. The highest BCUT2D eigenvalue weighted by atomic mass is 16.2. The monoisotopic (exact) mass is 413 g/mol. The molecule has 1 fully saturated rings. The summed E-state index contributed by atoms with van der Waals surface area (Å²) in [5, 5.41) is 3.06. The number of nitrogens with one attached hydrogen (secondary N) is 1. The number of aryl methyl sites for hydroxylation is 1. The molecule has 4 rings (SSSR count). The van der Waals surface area contributed by atoms with Gasteiger partial charge in [0, 0.05) is 37.4 Å². The largest absolute Gasteiger partial charge is 0.336 e. The highest BCUT2D eigenvalue weighted by molar-refractivity contribution is 5.96. The van der Waals surface area contributed by atoms with E-state index >= 15 is 0 Å². The van der Waals surface area contributed by atoms with E-state index in [1.807, 2.05) is 96.8 Å². The van der Waals surface area contributed by atoms with Gasteiger partial charge in [0.05, 0.1) is 0 Å². The molecule has 0 bridgehead atoms. The molecule has 5 nitrogen and oxygen atoms in total. The summed E-state index contributed by atoms with van der Waals surface area (Å²) in [5.74, 6) is -0.0153. The molecule has 1 aliphatic heterocycles. The standard InChI is InChI=1S/C26H27N3O2/c1-20-12-14-23(15-13-20)27-25(30)24(21-8-4-2-5-9-21)28-16-18-29(19-17-28)26(31)22-10-6-3-7-11-22/h2-15,24H,16-19H2,1H3,(H,27,30). The van der Waals surface area contributed by atoms with Gasteiger partial charge in [0.1, 0.15) is 6.04 Å². The van der Waals surface area contributed by atoms with Gasteiger partial charge in [0.15, 0.2) is 0 Å². The van der Waals surface area contributed by atoms with Crippen LogP contribution in [0.2, 0.25) is 0 Å². The average Bonchev–Trinajstić information content (AvgIpc) is 2.82. The van der Waals surface area contributed by atoms with Crippen LogP contribution in [0.5, 0.6) is 0 Å². The van der Waals surface area contributed by atoms with Crippen molar-refractivity contribution in [1.29, 1.82) is 0 Å². The van der Waals surface area contributed by atoms with E-state index in [1.54, 1.807) is 0 Å². The number of anilines is 1. The first-order chi connectivity index (χ1) is 15.1. The van der Waals surface area contributed by atoms with E-state index in [9.17, 15) is 9.59 Å². The minimum Gasteiger partial charge on any atom is -0.336 e. The molecule has 1 atom stereocenters. The first-order valence-corrected chi connectivity index (χ1v) is 10.6. The van der Waals surface area contributed by atoms with Crippen molar-refractivity contribution in [1.82, 2.24) is 9.80 Å². The van der Waals surface area contributed by atoms with Gasteiger partial charge in [-0.2, -0.15) is 0 Å². The first kappa shape index (κ1) is 20.8. The highest BCUT2D eigenvalue weighted by Gasteiger charge is 2.32. The van der Waals surface area contributed by atoms with Crippen LogP contribution < -0.4 is 5.32 Å². The predicted octanol–water partition coefficient (Wildman–Crippen LogP) is 4.13. The van der Waals surface area contributed by atoms with Crippen LogP contribution >= 0.6 is 0 Å². The van der Waals surface area contributed by atoms with E-state index in [1.165, 1.54) is 0 Å². The van der Waals surface area contributed by atoms with E-state index in [0.29, 0.717) is 31.7 Å². The second-order valence-electron chi connectivity index (χ2n) is 7.86. The van der Waals surface area contributed by atoms with Gasteiger partial charge < -0.3 is 10.2 Å². The van der Waals surface area contributed by atoms with Crippen LogP contribution in [-0.4, -0.2) is 47.8 Å². The van der Waals surface area contributed by atoms with E-state index in [0.717, 1.165) is 16.8 Å². The highest BCUT2D eigenvalue weighted by Crippen LogP contribution is 2.25. The maximum absolute atomic E-state index is 13.3. The number of carbonyl (C=O) groups excluding carboxylic acids is 2. The maximum Gasteiger partial charge on any atom is 0.253 e. The Balaban J connectivity index is 1.48. The third-order valence-corrected chi connectivity index (χ3v) is 5.67. The molecule has 2 amide bonds. The van der Waals surface area contributed by atoms with Crippen LogP contribution in [-0.2, 0) is 4.79 Å². The Bertz CT molecular complexity index is 1010. The molecule has 0 spiro atoms. The van der Waals surface area contributed by atoms with E-state index in [4.69, 9.17) is 0 Å². The Morgan fingerprint density at radius 1 is 0.774 bits per heavy atom. The van der Waals surface area contributed by atoms with Gasteiger partial charge in [0.2, 0.25) is 5.91 Å². The fourth-order valence-electron chi connectivity index (χ4n) is 3.96. The number of carbonyl (C=O) groups is 2. The van der Waals surface area contributed by atoms with Crippen molar-refractivity contribution >= 4 is 17.5 Å². The maximum atomic E-state index is 13.3. The summed E-state index contributed by atoms with van der Waals surface area (Å²) in [6.07, 6.45) is 0. The zero-order valence-electron chi connectivity index (χ0n) is 17.7. The third kappa shape index (κ3) is 5.01. The number of benzene rings is 3. The van der Waals surface area contributed by atoms with Gasteiger partial charge >= 0.3 is 0 Å². The van der Waals surface area contributed by atoms with Crippen LogP contribution in [0, 0.1) is 6.92 Å². The first-order valence-electron chi connectivity index (χ1n) is 10.6. The van der Waals surface area contributed by atoms with Crippen LogP contribution in [0.3, 0.4) is 0 Å². The number of amides is 2. The molecule has 0 saturated carbocycles. The summed E-state index contributed by atoms with van der Waals surface area (Å²) in [6, 6.07) is 26.6. The Kier molecular flexibility index (Phi) is 6.43. The smallest absolute Gasteiger partial charge is 0.253 e. The number of hydrogen-bond acceptors (Lipinski definition) is 3. The fourth-order valence-corrected chi connectivity index (χ4v) is 3.96. The molecule has 31 heavy (non-hydrogen) atoms. The number of rotatable bonds is 5. The van der Waals surface area contributed by atoms with Crippen LogP contribution in [0.25, 0.3) is 0 Å². The van der Waals surface area contributed by atoms with E-state index in [2.05, 4.69) is 10.2 Å². The zero-order valence-corrected chi connectivity index (χ0v) is 17.7. The molecule has 3 aromatic carbocycles. The molecule has 3 aromatic rings. The van der Waals surface area contributed by atoms with E-state index < -0.39 is 6.04 Å². The lowest BCUT2D eigenvalue weighted by Gasteiger charge is -2.38. The lowest BCUT2D eigenvalue weighted by atomic mass is 10.0. The number of hydrogen-bond donors (Lipinski definition) is 1. The summed E-state index contributed by atoms with van der Waals surface area (Å²) in [5.41, 5.74) is 3.59. The van der Waals surface area contributed by atoms with Crippen LogP contribution in [0.15, 0.2) is 84.9 Å². The molecule has 1 saturated heterocycles. The molecule has 1 aliphatic rings. The molecule has 5 heteroatoms. The summed E-state index contributed by atoms with van der Waals surface area (Å²) in [4.78, 5) is 30.1.